The highest BCUT2D eigenvalue weighted by Crippen LogP contribution is 2.21. The average Bonchev–Trinajstić information content (AvgIpc) is 2.69. The van der Waals surface area contributed by atoms with Gasteiger partial charge in [0, 0.05) is 17.7 Å². The van der Waals surface area contributed by atoms with Gasteiger partial charge in [-0.15, -0.1) is 0 Å². The molecule has 130 valence electrons. The lowest BCUT2D eigenvalue weighted by molar-refractivity contribution is 0.103. The van der Waals surface area contributed by atoms with Crippen molar-refractivity contribution in [2.45, 2.75) is 13.5 Å². The smallest absolute Gasteiger partial charge is 0.195 e. The molecule has 3 aromatic carbocycles. The minimum atomic E-state index is -0.0253. The maximum atomic E-state index is 12.9. The third-order valence-electron chi connectivity index (χ3n) is 4.00. The Balaban J connectivity index is 1.75. The monoisotopic (exact) mass is 360 g/mol. The molecule has 0 saturated heterocycles. The van der Waals surface area contributed by atoms with Crippen molar-refractivity contribution in [3.63, 3.8) is 0 Å². The van der Waals surface area contributed by atoms with E-state index >= 15 is 0 Å². The fourth-order valence-corrected chi connectivity index (χ4v) is 2.83. The predicted molar refractivity (Wildman–Crippen MR) is 111 cm³/mol. The number of carbonyl (C=O) groups excluding carboxylic acids is 1. The zero-order valence-electron chi connectivity index (χ0n) is 14.5. The van der Waals surface area contributed by atoms with Crippen molar-refractivity contribution in [1.29, 1.82) is 0 Å². The normalized spacial score (nSPS) is 10.2. The number of anilines is 1. The molecule has 0 unspecified atom stereocenters. The lowest BCUT2D eigenvalue weighted by Gasteiger charge is -2.14. The summed E-state index contributed by atoms with van der Waals surface area (Å²) >= 11 is 5.40. The van der Waals surface area contributed by atoms with Gasteiger partial charge in [-0.2, -0.15) is 0 Å². The van der Waals surface area contributed by atoms with Crippen molar-refractivity contribution in [2.24, 2.45) is 0 Å². The van der Waals surface area contributed by atoms with Gasteiger partial charge in [0.2, 0.25) is 0 Å². The van der Waals surface area contributed by atoms with Crippen molar-refractivity contribution in [2.75, 3.05) is 5.32 Å². The van der Waals surface area contributed by atoms with Gasteiger partial charge in [-0.1, -0.05) is 72.3 Å². The Labute approximate surface area is 159 Å². The molecule has 3 rings (SSSR count). The fraction of sp³-hybridized carbons (Fsp3) is 0.0909. The van der Waals surface area contributed by atoms with E-state index in [0.717, 1.165) is 11.1 Å². The highest BCUT2D eigenvalue weighted by Gasteiger charge is 2.14. The van der Waals surface area contributed by atoms with Crippen LogP contribution in [0.25, 0.3) is 0 Å². The van der Waals surface area contributed by atoms with Crippen LogP contribution in [0.3, 0.4) is 0 Å². The summed E-state index contributed by atoms with van der Waals surface area (Å²) in [5.74, 6) is -0.0253. The van der Waals surface area contributed by atoms with Gasteiger partial charge >= 0.3 is 0 Å². The number of carbonyl (C=O) groups is 1. The van der Waals surface area contributed by atoms with Crippen LogP contribution in [0.15, 0.2) is 78.9 Å². The summed E-state index contributed by atoms with van der Waals surface area (Å²) < 4.78 is 0. The highest BCUT2D eigenvalue weighted by molar-refractivity contribution is 7.80. The van der Waals surface area contributed by atoms with Gasteiger partial charge in [-0.05, 0) is 36.8 Å². The SMILES string of the molecule is Cc1ccc(NC(=S)NCc2ccccc2)c(C(=O)c2ccccc2)c1. The molecule has 0 amide bonds. The summed E-state index contributed by atoms with van der Waals surface area (Å²) in [5.41, 5.74) is 4.14. The molecule has 4 heteroatoms. The molecule has 0 bridgehead atoms. The summed E-state index contributed by atoms with van der Waals surface area (Å²) in [6, 6.07) is 25.0. The average molecular weight is 360 g/mol. The summed E-state index contributed by atoms with van der Waals surface area (Å²) in [5, 5.41) is 6.82. The van der Waals surface area contributed by atoms with Gasteiger partial charge in [0.05, 0.1) is 5.69 Å². The van der Waals surface area contributed by atoms with Crippen molar-refractivity contribution in [3.05, 3.63) is 101 Å². The number of thiocarbonyl (C=S) groups is 1. The van der Waals surface area contributed by atoms with E-state index in [2.05, 4.69) is 10.6 Å². The Hall–Kier alpha value is -2.98. The molecule has 0 heterocycles. The predicted octanol–water partition coefficient (Wildman–Crippen LogP) is 4.71. The van der Waals surface area contributed by atoms with E-state index in [4.69, 9.17) is 12.2 Å². The molecule has 0 aromatic heterocycles. The van der Waals surface area contributed by atoms with Gasteiger partial charge in [-0.3, -0.25) is 4.79 Å². The molecule has 0 aliphatic carbocycles. The van der Waals surface area contributed by atoms with E-state index in [1.54, 1.807) is 0 Å². The number of benzene rings is 3. The summed E-state index contributed by atoms with van der Waals surface area (Å²) in [4.78, 5) is 12.9. The third kappa shape index (κ3) is 4.55. The molecule has 0 aliphatic rings. The third-order valence-corrected chi connectivity index (χ3v) is 4.25. The Kier molecular flexibility index (Phi) is 5.77. The molecule has 0 atom stereocenters. The first kappa shape index (κ1) is 17.8. The van der Waals surface area contributed by atoms with Crippen LogP contribution < -0.4 is 10.6 Å². The van der Waals surface area contributed by atoms with Gasteiger partial charge in [0.25, 0.3) is 0 Å². The Morgan fingerprint density at radius 2 is 1.58 bits per heavy atom. The first-order valence-electron chi connectivity index (χ1n) is 8.42. The minimum Gasteiger partial charge on any atom is -0.358 e. The van der Waals surface area contributed by atoms with Crippen LogP contribution in [0, 0.1) is 6.92 Å². The highest BCUT2D eigenvalue weighted by atomic mass is 32.1. The second-order valence-electron chi connectivity index (χ2n) is 6.04. The van der Waals surface area contributed by atoms with Gasteiger partial charge in [0.15, 0.2) is 10.9 Å². The molecular formula is C22H20N2OS. The van der Waals surface area contributed by atoms with E-state index in [1.165, 1.54) is 0 Å². The topological polar surface area (TPSA) is 41.1 Å². The number of aryl methyl sites for hydroxylation is 1. The van der Waals surface area contributed by atoms with Crippen LogP contribution in [-0.2, 0) is 6.54 Å². The van der Waals surface area contributed by atoms with E-state index < -0.39 is 0 Å². The van der Waals surface area contributed by atoms with Crippen LogP contribution in [0.1, 0.15) is 27.0 Å². The number of hydrogen-bond acceptors (Lipinski definition) is 2. The second kappa shape index (κ2) is 8.41. The van der Waals surface area contributed by atoms with Gasteiger partial charge in [-0.25, -0.2) is 0 Å². The zero-order chi connectivity index (χ0) is 18.4. The summed E-state index contributed by atoms with van der Waals surface area (Å²) in [7, 11) is 0. The maximum absolute atomic E-state index is 12.9. The standard InChI is InChI=1S/C22H20N2OS/c1-16-12-13-20(19(14-16)21(25)18-10-6-3-7-11-18)24-22(26)23-15-17-8-4-2-5-9-17/h2-14H,15H2,1H3,(H2,23,24,26). The van der Waals surface area contributed by atoms with Gasteiger partial charge in [0.1, 0.15) is 0 Å². The Morgan fingerprint density at radius 3 is 2.27 bits per heavy atom. The first-order valence-corrected chi connectivity index (χ1v) is 8.83. The van der Waals surface area contributed by atoms with E-state index in [-0.39, 0.29) is 5.78 Å². The van der Waals surface area contributed by atoms with Crippen molar-refractivity contribution in [1.82, 2.24) is 5.32 Å². The van der Waals surface area contributed by atoms with E-state index in [9.17, 15) is 4.79 Å². The number of ketones is 1. The van der Waals surface area contributed by atoms with Crippen LogP contribution in [0.2, 0.25) is 0 Å². The zero-order valence-corrected chi connectivity index (χ0v) is 15.3. The molecule has 3 aromatic rings. The Bertz CT molecular complexity index is 908. The number of hydrogen-bond donors (Lipinski definition) is 2. The molecule has 26 heavy (non-hydrogen) atoms. The van der Waals surface area contributed by atoms with Crippen LogP contribution in [0.5, 0.6) is 0 Å². The Morgan fingerprint density at radius 1 is 0.923 bits per heavy atom. The van der Waals surface area contributed by atoms with Crippen LogP contribution >= 0.6 is 12.2 Å². The van der Waals surface area contributed by atoms with Gasteiger partial charge < -0.3 is 10.6 Å². The lowest BCUT2D eigenvalue weighted by Crippen LogP contribution is -2.28. The minimum absolute atomic E-state index is 0.0253. The molecule has 2 N–H and O–H groups in total. The van der Waals surface area contributed by atoms with Crippen molar-refractivity contribution < 1.29 is 4.79 Å². The molecule has 0 saturated carbocycles. The molecule has 0 spiro atoms. The summed E-state index contributed by atoms with van der Waals surface area (Å²) in [6.45, 7) is 2.60. The molecular weight excluding hydrogens is 340 g/mol. The number of rotatable bonds is 5. The quantitative estimate of drug-likeness (QED) is 0.511. The van der Waals surface area contributed by atoms with E-state index in [0.29, 0.717) is 28.5 Å². The van der Waals surface area contributed by atoms with Crippen LogP contribution in [-0.4, -0.2) is 10.9 Å². The van der Waals surface area contributed by atoms with Crippen molar-refractivity contribution >= 4 is 28.8 Å². The molecule has 0 fully saturated rings. The van der Waals surface area contributed by atoms with Crippen LogP contribution in [0.4, 0.5) is 5.69 Å². The second-order valence-corrected chi connectivity index (χ2v) is 6.45. The fourth-order valence-electron chi connectivity index (χ4n) is 2.64. The molecule has 0 radical (unpaired) electrons. The largest absolute Gasteiger partial charge is 0.358 e. The maximum Gasteiger partial charge on any atom is 0.195 e. The van der Waals surface area contributed by atoms with Crippen molar-refractivity contribution in [3.8, 4) is 0 Å². The first-order chi connectivity index (χ1) is 12.6. The molecule has 3 nitrogen and oxygen atoms in total. The van der Waals surface area contributed by atoms with E-state index in [1.807, 2.05) is 85.8 Å². The lowest BCUT2D eigenvalue weighted by atomic mass is 10.00. The summed E-state index contributed by atoms with van der Waals surface area (Å²) in [6.07, 6.45) is 0. The number of nitrogens with one attached hydrogen (secondary N) is 2. The molecule has 0 aliphatic heterocycles.